The summed E-state index contributed by atoms with van der Waals surface area (Å²) >= 11 is 0. The second-order valence-corrected chi connectivity index (χ2v) is 4.34. The van der Waals surface area contributed by atoms with E-state index in [0.29, 0.717) is 18.4 Å². The molecule has 0 spiro atoms. The van der Waals surface area contributed by atoms with Gasteiger partial charge in [-0.25, -0.2) is 4.99 Å². The third-order valence-electron chi connectivity index (χ3n) is 2.46. The van der Waals surface area contributed by atoms with Crippen molar-refractivity contribution in [3.63, 3.8) is 0 Å². The molecule has 1 aromatic heterocycles. The van der Waals surface area contributed by atoms with Crippen LogP contribution in [-0.4, -0.2) is 27.3 Å². The van der Waals surface area contributed by atoms with Crippen molar-refractivity contribution >= 4 is 5.96 Å². The zero-order valence-corrected chi connectivity index (χ0v) is 10.8. The molecule has 1 aromatic rings. The molecule has 0 radical (unpaired) electrons. The first-order valence-corrected chi connectivity index (χ1v) is 6.04. The number of nitrogens with two attached hydrogens (primary N) is 1. The highest BCUT2D eigenvalue weighted by atomic mass is 15.3. The summed E-state index contributed by atoms with van der Waals surface area (Å²) in [6, 6.07) is 0. The third-order valence-corrected chi connectivity index (χ3v) is 2.46. The molecule has 1 heterocycles. The number of hydrogen-bond donors (Lipinski definition) is 2. The number of hydrogen-bond acceptors (Lipinski definition) is 3. The van der Waals surface area contributed by atoms with Gasteiger partial charge in [-0.2, -0.15) is 0 Å². The van der Waals surface area contributed by atoms with Gasteiger partial charge in [-0.1, -0.05) is 13.8 Å². The first kappa shape index (κ1) is 13.5. The summed E-state index contributed by atoms with van der Waals surface area (Å²) in [7, 11) is 0. The average Bonchev–Trinajstić information content (AvgIpc) is 2.73. The molecule has 17 heavy (non-hydrogen) atoms. The van der Waals surface area contributed by atoms with E-state index in [1.54, 1.807) is 6.33 Å². The smallest absolute Gasteiger partial charge is 0.189 e. The minimum absolute atomic E-state index is 0.467. The maximum absolute atomic E-state index is 5.75. The van der Waals surface area contributed by atoms with Crippen molar-refractivity contribution in [3.05, 3.63) is 12.2 Å². The number of aromatic nitrogens is 3. The predicted octanol–water partition coefficient (Wildman–Crippen LogP) is 0.748. The second-order valence-electron chi connectivity index (χ2n) is 4.34. The Morgan fingerprint density at radius 1 is 1.59 bits per heavy atom. The lowest BCUT2D eigenvalue weighted by molar-refractivity contribution is 0.576. The highest BCUT2D eigenvalue weighted by molar-refractivity contribution is 5.77. The van der Waals surface area contributed by atoms with Gasteiger partial charge in [-0.15, -0.1) is 10.2 Å². The number of nitrogens with zero attached hydrogens (tertiary/aromatic N) is 4. The summed E-state index contributed by atoms with van der Waals surface area (Å²) < 4.78 is 1.95. The Morgan fingerprint density at radius 2 is 2.35 bits per heavy atom. The molecule has 0 aliphatic heterocycles. The van der Waals surface area contributed by atoms with Crippen molar-refractivity contribution in [2.45, 2.75) is 40.3 Å². The Bertz CT molecular complexity index is 355. The number of guanidine groups is 1. The molecular formula is C11H22N6. The van der Waals surface area contributed by atoms with E-state index >= 15 is 0 Å². The Morgan fingerprint density at radius 3 is 3.00 bits per heavy atom. The van der Waals surface area contributed by atoms with E-state index in [2.05, 4.69) is 34.4 Å². The second kappa shape index (κ2) is 6.88. The van der Waals surface area contributed by atoms with Crippen molar-refractivity contribution < 1.29 is 0 Å². The van der Waals surface area contributed by atoms with E-state index in [4.69, 9.17) is 5.73 Å². The van der Waals surface area contributed by atoms with Gasteiger partial charge in [-0.3, -0.25) is 0 Å². The number of rotatable bonds is 6. The molecule has 6 nitrogen and oxygen atoms in total. The van der Waals surface area contributed by atoms with Crippen LogP contribution in [0.15, 0.2) is 11.3 Å². The van der Waals surface area contributed by atoms with Gasteiger partial charge in [0, 0.05) is 13.1 Å². The van der Waals surface area contributed by atoms with Crippen LogP contribution in [-0.2, 0) is 13.1 Å². The van der Waals surface area contributed by atoms with Gasteiger partial charge in [0.05, 0.1) is 0 Å². The first-order chi connectivity index (χ1) is 8.13. The summed E-state index contributed by atoms with van der Waals surface area (Å²) in [6.45, 7) is 8.57. The standard InChI is InChI=1S/C11H22N6/c1-4-17-8-15-16-10(17)7-14-11(12)13-6-5-9(2)3/h8-9H,4-7H2,1-3H3,(H3,12,13,14). The normalized spacial score (nSPS) is 12.1. The molecule has 0 unspecified atom stereocenters. The molecule has 6 heteroatoms. The summed E-state index contributed by atoms with van der Waals surface area (Å²) in [5, 5.41) is 10.9. The molecular weight excluding hydrogens is 216 g/mol. The minimum atomic E-state index is 0.467. The van der Waals surface area contributed by atoms with Crippen LogP contribution in [0, 0.1) is 5.92 Å². The molecule has 0 saturated heterocycles. The molecule has 96 valence electrons. The largest absolute Gasteiger partial charge is 0.370 e. The summed E-state index contributed by atoms with van der Waals surface area (Å²) in [5.74, 6) is 1.97. The molecule has 0 aromatic carbocycles. The first-order valence-electron chi connectivity index (χ1n) is 6.04. The van der Waals surface area contributed by atoms with Gasteiger partial charge in [-0.05, 0) is 19.3 Å². The van der Waals surface area contributed by atoms with Crippen molar-refractivity contribution in [1.29, 1.82) is 0 Å². The predicted molar refractivity (Wildman–Crippen MR) is 68.5 cm³/mol. The van der Waals surface area contributed by atoms with Gasteiger partial charge in [0.25, 0.3) is 0 Å². The van der Waals surface area contributed by atoms with E-state index in [1.165, 1.54) is 0 Å². The van der Waals surface area contributed by atoms with Crippen LogP contribution in [0.4, 0.5) is 0 Å². The van der Waals surface area contributed by atoms with Crippen LogP contribution < -0.4 is 11.1 Å². The molecule has 3 N–H and O–H groups in total. The van der Waals surface area contributed by atoms with Gasteiger partial charge < -0.3 is 15.6 Å². The van der Waals surface area contributed by atoms with Crippen molar-refractivity contribution in [3.8, 4) is 0 Å². The Kier molecular flexibility index (Phi) is 5.45. The highest BCUT2D eigenvalue weighted by Gasteiger charge is 2.01. The maximum Gasteiger partial charge on any atom is 0.189 e. The Hall–Kier alpha value is -1.59. The Balaban J connectivity index is 2.37. The summed E-state index contributed by atoms with van der Waals surface area (Å²) in [5.41, 5.74) is 5.75. The van der Waals surface area contributed by atoms with Crippen LogP contribution in [0.5, 0.6) is 0 Å². The lowest BCUT2D eigenvalue weighted by Gasteiger charge is -2.07. The molecule has 1 rings (SSSR count). The van der Waals surface area contributed by atoms with Crippen molar-refractivity contribution in [2.24, 2.45) is 16.6 Å². The minimum Gasteiger partial charge on any atom is -0.370 e. The van der Waals surface area contributed by atoms with Crippen LogP contribution in [0.25, 0.3) is 0 Å². The van der Waals surface area contributed by atoms with Gasteiger partial charge in [0.1, 0.15) is 12.9 Å². The monoisotopic (exact) mass is 238 g/mol. The molecule has 0 amide bonds. The lowest BCUT2D eigenvalue weighted by atomic mass is 10.1. The Labute approximate surface area is 102 Å². The van der Waals surface area contributed by atoms with Crippen LogP contribution in [0.3, 0.4) is 0 Å². The van der Waals surface area contributed by atoms with Crippen LogP contribution in [0.1, 0.15) is 33.0 Å². The quantitative estimate of drug-likeness (QED) is 0.566. The third kappa shape index (κ3) is 4.84. The summed E-state index contributed by atoms with van der Waals surface area (Å²) in [4.78, 5) is 4.23. The van der Waals surface area contributed by atoms with E-state index < -0.39 is 0 Å². The number of aryl methyl sites for hydroxylation is 1. The molecule has 0 aliphatic rings. The topological polar surface area (TPSA) is 81.1 Å². The zero-order valence-electron chi connectivity index (χ0n) is 10.8. The fourth-order valence-electron chi connectivity index (χ4n) is 1.37. The molecule has 0 aliphatic carbocycles. The number of nitrogens with one attached hydrogen (secondary N) is 1. The van der Waals surface area contributed by atoms with Gasteiger partial charge in [0.2, 0.25) is 0 Å². The molecule has 0 fully saturated rings. The zero-order chi connectivity index (χ0) is 12.7. The van der Waals surface area contributed by atoms with Crippen LogP contribution >= 0.6 is 0 Å². The molecule has 0 atom stereocenters. The van der Waals surface area contributed by atoms with Crippen molar-refractivity contribution in [2.75, 3.05) is 6.54 Å². The number of aliphatic imine (C=N–C) groups is 1. The average molecular weight is 238 g/mol. The van der Waals surface area contributed by atoms with Crippen molar-refractivity contribution in [1.82, 2.24) is 20.1 Å². The SMILES string of the molecule is CCn1cnnc1CN=C(N)NCCC(C)C. The molecule has 0 saturated carbocycles. The van der Waals surface area contributed by atoms with E-state index in [9.17, 15) is 0 Å². The van der Waals surface area contributed by atoms with Gasteiger partial charge in [0.15, 0.2) is 11.8 Å². The van der Waals surface area contributed by atoms with E-state index in [1.807, 2.05) is 11.5 Å². The van der Waals surface area contributed by atoms with E-state index in [-0.39, 0.29) is 0 Å². The fourth-order valence-corrected chi connectivity index (χ4v) is 1.37. The molecule has 0 bridgehead atoms. The van der Waals surface area contributed by atoms with Crippen LogP contribution in [0.2, 0.25) is 0 Å². The van der Waals surface area contributed by atoms with Gasteiger partial charge >= 0.3 is 0 Å². The highest BCUT2D eigenvalue weighted by Crippen LogP contribution is 1.97. The van der Waals surface area contributed by atoms with E-state index in [0.717, 1.165) is 25.3 Å². The maximum atomic E-state index is 5.75. The fraction of sp³-hybridized carbons (Fsp3) is 0.727. The summed E-state index contributed by atoms with van der Waals surface area (Å²) in [6.07, 6.45) is 2.79. The lowest BCUT2D eigenvalue weighted by Crippen LogP contribution is -2.33.